The SMILES string of the molecule is CCC(C)NC(=O)C(Cc1ccccc1)N(Cc1c(Cl)cccc1Cl)C(=O)CSCc1ccc(Cl)c(Cl)c1. The molecule has 38 heavy (non-hydrogen) atoms. The van der Waals surface area contributed by atoms with Gasteiger partial charge in [-0.1, -0.05) is 95.8 Å². The molecule has 2 unspecified atom stereocenters. The predicted molar refractivity (Wildman–Crippen MR) is 161 cm³/mol. The third-order valence-corrected chi connectivity index (χ3v) is 8.58. The monoisotopic (exact) mass is 610 g/mol. The molecule has 0 bridgehead atoms. The zero-order valence-electron chi connectivity index (χ0n) is 21.2. The number of amides is 2. The lowest BCUT2D eigenvalue weighted by molar-refractivity contribution is -0.139. The quantitative estimate of drug-likeness (QED) is 0.225. The van der Waals surface area contributed by atoms with Crippen LogP contribution in [0.2, 0.25) is 20.1 Å². The average Bonchev–Trinajstić information content (AvgIpc) is 2.90. The molecular formula is C29H30Cl4N2O2S. The summed E-state index contributed by atoms with van der Waals surface area (Å²) in [4.78, 5) is 28.9. The lowest BCUT2D eigenvalue weighted by atomic mass is 10.0. The number of carbonyl (C=O) groups is 2. The smallest absolute Gasteiger partial charge is 0.243 e. The molecule has 0 spiro atoms. The molecule has 0 fully saturated rings. The number of hydrogen-bond acceptors (Lipinski definition) is 3. The number of rotatable bonds is 12. The second-order valence-electron chi connectivity index (χ2n) is 8.99. The molecule has 0 aliphatic heterocycles. The van der Waals surface area contributed by atoms with Crippen LogP contribution in [0.5, 0.6) is 0 Å². The third kappa shape index (κ3) is 8.82. The van der Waals surface area contributed by atoms with Gasteiger partial charge < -0.3 is 10.2 Å². The molecule has 0 saturated heterocycles. The second-order valence-corrected chi connectivity index (χ2v) is 11.6. The van der Waals surface area contributed by atoms with Crippen LogP contribution in [0.1, 0.15) is 37.0 Å². The summed E-state index contributed by atoms with van der Waals surface area (Å²) in [5.41, 5.74) is 2.50. The van der Waals surface area contributed by atoms with Gasteiger partial charge in [-0.25, -0.2) is 0 Å². The van der Waals surface area contributed by atoms with Crippen LogP contribution in [0.4, 0.5) is 0 Å². The van der Waals surface area contributed by atoms with Crippen LogP contribution in [0, 0.1) is 0 Å². The molecule has 2 atom stereocenters. The summed E-state index contributed by atoms with van der Waals surface area (Å²) >= 11 is 26.6. The van der Waals surface area contributed by atoms with Crippen molar-refractivity contribution >= 4 is 70.0 Å². The normalized spacial score (nSPS) is 12.6. The number of nitrogens with one attached hydrogen (secondary N) is 1. The zero-order chi connectivity index (χ0) is 27.7. The fourth-order valence-electron chi connectivity index (χ4n) is 3.82. The minimum atomic E-state index is -0.753. The number of benzene rings is 3. The minimum Gasteiger partial charge on any atom is -0.352 e. The van der Waals surface area contributed by atoms with Gasteiger partial charge in [0.05, 0.1) is 15.8 Å². The average molecular weight is 612 g/mol. The number of thioether (sulfide) groups is 1. The van der Waals surface area contributed by atoms with Crippen LogP contribution < -0.4 is 5.32 Å². The van der Waals surface area contributed by atoms with Crippen LogP contribution in [0.25, 0.3) is 0 Å². The van der Waals surface area contributed by atoms with E-state index in [4.69, 9.17) is 46.4 Å². The summed E-state index contributed by atoms with van der Waals surface area (Å²) < 4.78 is 0. The van der Waals surface area contributed by atoms with Crippen LogP contribution in [0.3, 0.4) is 0 Å². The van der Waals surface area contributed by atoms with Crippen molar-refractivity contribution in [2.45, 2.75) is 51.1 Å². The maximum atomic E-state index is 13.8. The minimum absolute atomic E-state index is 0.0364. The van der Waals surface area contributed by atoms with Crippen molar-refractivity contribution < 1.29 is 9.59 Å². The Morgan fingerprint density at radius 3 is 2.18 bits per heavy atom. The first-order valence-electron chi connectivity index (χ1n) is 12.3. The standard InChI is InChI=1S/C29H30Cl4N2O2S/c1-3-19(2)34-29(37)27(15-20-8-5-4-6-9-20)35(16-22-23(30)10-7-11-24(22)31)28(36)18-38-17-21-12-13-25(32)26(33)14-21/h4-14,19,27H,3,15-18H2,1-2H3,(H,34,37). The molecule has 0 radical (unpaired) electrons. The van der Waals surface area contributed by atoms with Gasteiger partial charge in [-0.3, -0.25) is 9.59 Å². The second kappa shape index (κ2) is 15.0. The molecule has 0 aromatic heterocycles. The first kappa shape index (κ1) is 30.6. The molecule has 4 nitrogen and oxygen atoms in total. The van der Waals surface area contributed by atoms with Crippen molar-refractivity contribution in [2.24, 2.45) is 0 Å². The van der Waals surface area contributed by atoms with Crippen molar-refractivity contribution in [1.82, 2.24) is 10.2 Å². The highest BCUT2D eigenvalue weighted by molar-refractivity contribution is 7.99. The Kier molecular flexibility index (Phi) is 12.1. The van der Waals surface area contributed by atoms with E-state index in [9.17, 15) is 9.59 Å². The van der Waals surface area contributed by atoms with Crippen molar-refractivity contribution in [2.75, 3.05) is 5.75 Å². The molecule has 1 N–H and O–H groups in total. The molecule has 3 aromatic rings. The lowest BCUT2D eigenvalue weighted by Crippen LogP contribution is -2.52. The Labute approximate surface area is 249 Å². The molecular weight excluding hydrogens is 582 g/mol. The van der Waals surface area contributed by atoms with Gasteiger partial charge in [0.2, 0.25) is 11.8 Å². The van der Waals surface area contributed by atoms with Crippen molar-refractivity contribution in [1.29, 1.82) is 0 Å². The van der Waals surface area contributed by atoms with E-state index in [1.165, 1.54) is 11.8 Å². The van der Waals surface area contributed by atoms with Gasteiger partial charge in [0.15, 0.2) is 0 Å². The van der Waals surface area contributed by atoms with E-state index in [0.29, 0.717) is 37.8 Å². The number of carbonyl (C=O) groups excluding carboxylic acids is 2. The highest BCUT2D eigenvalue weighted by Crippen LogP contribution is 2.28. The Hall–Kier alpha value is -1.89. The topological polar surface area (TPSA) is 49.4 Å². The number of hydrogen-bond donors (Lipinski definition) is 1. The molecule has 3 rings (SSSR count). The highest BCUT2D eigenvalue weighted by atomic mass is 35.5. The predicted octanol–water partition coefficient (Wildman–Crippen LogP) is 8.09. The Bertz CT molecular complexity index is 1220. The van der Waals surface area contributed by atoms with Gasteiger partial charge in [0.25, 0.3) is 0 Å². The van der Waals surface area contributed by atoms with E-state index >= 15 is 0 Å². The molecule has 3 aromatic carbocycles. The molecule has 0 aliphatic rings. The van der Waals surface area contributed by atoms with Crippen LogP contribution in [-0.2, 0) is 28.3 Å². The highest BCUT2D eigenvalue weighted by Gasteiger charge is 2.31. The van der Waals surface area contributed by atoms with E-state index in [2.05, 4.69) is 5.32 Å². The van der Waals surface area contributed by atoms with E-state index in [0.717, 1.165) is 17.5 Å². The van der Waals surface area contributed by atoms with Gasteiger partial charge in [0, 0.05) is 40.4 Å². The van der Waals surface area contributed by atoms with Crippen LogP contribution in [-0.4, -0.2) is 34.6 Å². The van der Waals surface area contributed by atoms with Gasteiger partial charge in [0.1, 0.15) is 6.04 Å². The van der Waals surface area contributed by atoms with Crippen molar-refractivity contribution in [3.63, 3.8) is 0 Å². The molecule has 9 heteroatoms. The molecule has 202 valence electrons. The molecule has 0 saturated carbocycles. The van der Waals surface area contributed by atoms with Gasteiger partial charge in [-0.15, -0.1) is 11.8 Å². The molecule has 2 amide bonds. The maximum absolute atomic E-state index is 13.8. The first-order valence-corrected chi connectivity index (χ1v) is 14.9. The van der Waals surface area contributed by atoms with Crippen molar-refractivity contribution in [3.05, 3.63) is 104 Å². The summed E-state index contributed by atoms with van der Waals surface area (Å²) in [7, 11) is 0. The van der Waals surface area contributed by atoms with E-state index in [-0.39, 0.29) is 30.2 Å². The zero-order valence-corrected chi connectivity index (χ0v) is 25.1. The summed E-state index contributed by atoms with van der Waals surface area (Å²) in [6.07, 6.45) is 1.13. The van der Waals surface area contributed by atoms with Gasteiger partial charge >= 0.3 is 0 Å². The van der Waals surface area contributed by atoms with E-state index < -0.39 is 6.04 Å². The Morgan fingerprint density at radius 1 is 0.868 bits per heavy atom. The third-order valence-electron chi connectivity index (χ3n) is 6.14. The van der Waals surface area contributed by atoms with E-state index in [1.807, 2.05) is 50.2 Å². The Morgan fingerprint density at radius 2 is 1.55 bits per heavy atom. The Balaban J connectivity index is 1.90. The maximum Gasteiger partial charge on any atom is 0.243 e. The van der Waals surface area contributed by atoms with E-state index in [1.54, 1.807) is 35.2 Å². The fraction of sp³-hybridized carbons (Fsp3) is 0.310. The number of halogens is 4. The van der Waals surface area contributed by atoms with Crippen LogP contribution in [0.15, 0.2) is 66.7 Å². The van der Waals surface area contributed by atoms with Gasteiger partial charge in [-0.2, -0.15) is 0 Å². The lowest BCUT2D eigenvalue weighted by Gasteiger charge is -2.32. The first-order chi connectivity index (χ1) is 18.2. The summed E-state index contributed by atoms with van der Waals surface area (Å²) in [5.74, 6) is 0.316. The fourth-order valence-corrected chi connectivity index (χ4v) is 5.51. The molecule has 0 heterocycles. The largest absolute Gasteiger partial charge is 0.352 e. The summed E-state index contributed by atoms with van der Waals surface area (Å²) in [5, 5.41) is 4.90. The van der Waals surface area contributed by atoms with Crippen LogP contribution >= 0.6 is 58.2 Å². The molecule has 0 aliphatic carbocycles. The summed E-state index contributed by atoms with van der Waals surface area (Å²) in [6.45, 7) is 4.06. The van der Waals surface area contributed by atoms with Crippen molar-refractivity contribution in [3.8, 4) is 0 Å². The number of nitrogens with zero attached hydrogens (tertiary/aromatic N) is 1. The van der Waals surface area contributed by atoms with Gasteiger partial charge in [-0.05, 0) is 48.7 Å². The summed E-state index contributed by atoms with van der Waals surface area (Å²) in [6, 6.07) is 19.5.